The normalized spacial score (nSPS) is 44.2. The number of fused-ring (bicyclic) bond motifs is 2. The van der Waals surface area contributed by atoms with Crippen LogP contribution in [0, 0.1) is 23.2 Å². The zero-order valence-electron chi connectivity index (χ0n) is 9.08. The number of carbonyl (C=O) groups is 1. The molecule has 80 valence electrons. The Morgan fingerprint density at radius 1 is 1.43 bits per heavy atom. The molecule has 0 spiro atoms. The zero-order valence-corrected chi connectivity index (χ0v) is 9.08. The smallest absolute Gasteiger partial charge is 0.308 e. The highest BCUT2D eigenvalue weighted by Crippen LogP contribution is 2.60. The van der Waals surface area contributed by atoms with Crippen molar-refractivity contribution in [1.82, 2.24) is 5.32 Å². The van der Waals surface area contributed by atoms with Gasteiger partial charge in [0.05, 0.1) is 5.92 Å². The van der Waals surface area contributed by atoms with E-state index in [4.69, 9.17) is 5.11 Å². The van der Waals surface area contributed by atoms with E-state index in [1.54, 1.807) is 0 Å². The molecule has 3 saturated carbocycles. The molecule has 3 rings (SSSR count). The third-order valence-electron chi connectivity index (χ3n) is 4.60. The van der Waals surface area contributed by atoms with Gasteiger partial charge in [-0.15, -0.1) is 0 Å². The Hall–Kier alpha value is -0.570. The summed E-state index contributed by atoms with van der Waals surface area (Å²) in [5.74, 6) is 0.372. The maximum Gasteiger partial charge on any atom is 0.308 e. The first kappa shape index (κ1) is 9.97. The van der Waals surface area contributed by atoms with Gasteiger partial charge in [-0.05, 0) is 37.1 Å². The van der Waals surface area contributed by atoms with Crippen LogP contribution in [0.2, 0.25) is 0 Å². The van der Waals surface area contributed by atoms with Crippen LogP contribution < -0.4 is 5.32 Å². The van der Waals surface area contributed by atoms with Crippen LogP contribution in [0.15, 0.2) is 0 Å². The van der Waals surface area contributed by atoms with Gasteiger partial charge in [-0.3, -0.25) is 4.79 Å². The fraction of sp³-hybridized carbons (Fsp3) is 0.909. The third kappa shape index (κ3) is 1.11. The molecule has 3 aliphatic rings. The highest BCUT2D eigenvalue weighted by molar-refractivity contribution is 5.71. The molecule has 14 heavy (non-hydrogen) atoms. The van der Waals surface area contributed by atoms with E-state index in [0.29, 0.717) is 17.3 Å². The number of carboxylic acids is 1. The summed E-state index contributed by atoms with van der Waals surface area (Å²) in [5.41, 5.74) is 0.347. The third-order valence-corrected chi connectivity index (χ3v) is 4.60. The molecule has 4 atom stereocenters. The van der Waals surface area contributed by atoms with Gasteiger partial charge in [-0.2, -0.15) is 0 Å². The molecule has 0 aromatic rings. The predicted octanol–water partition coefficient (Wildman–Crippen LogP) is 1.34. The van der Waals surface area contributed by atoms with Crippen molar-refractivity contribution in [2.75, 3.05) is 7.05 Å². The van der Waals surface area contributed by atoms with E-state index in [0.717, 1.165) is 6.42 Å². The van der Waals surface area contributed by atoms with Crippen molar-refractivity contribution in [1.29, 1.82) is 0 Å². The molecular weight excluding hydrogens is 178 g/mol. The van der Waals surface area contributed by atoms with Gasteiger partial charge in [0.1, 0.15) is 0 Å². The fourth-order valence-electron chi connectivity index (χ4n) is 3.46. The van der Waals surface area contributed by atoms with Gasteiger partial charge >= 0.3 is 5.97 Å². The van der Waals surface area contributed by atoms with Crippen molar-refractivity contribution < 1.29 is 9.90 Å². The van der Waals surface area contributed by atoms with Crippen LogP contribution in [-0.2, 0) is 4.79 Å². The Balaban J connectivity index is 2.19. The standard InChI is InChI=1S/C11H19NO2/c1-11(2)6-4-7(10(13)14)9(12-3)8(11)5-6/h6-9,12H,4-5H2,1-3H3,(H,13,14)/t6-,7-,8-,9-/m0/s1. The fourth-order valence-corrected chi connectivity index (χ4v) is 3.46. The predicted molar refractivity (Wildman–Crippen MR) is 54.0 cm³/mol. The maximum absolute atomic E-state index is 11.1. The van der Waals surface area contributed by atoms with Crippen LogP contribution in [-0.4, -0.2) is 24.2 Å². The first-order chi connectivity index (χ1) is 6.48. The average Bonchev–Trinajstić information content (AvgIpc) is 2.16. The Kier molecular flexibility index (Phi) is 2.11. The maximum atomic E-state index is 11.1. The van der Waals surface area contributed by atoms with Crippen molar-refractivity contribution in [3.8, 4) is 0 Å². The topological polar surface area (TPSA) is 49.3 Å². The van der Waals surface area contributed by atoms with Crippen molar-refractivity contribution in [3.63, 3.8) is 0 Å². The molecular formula is C11H19NO2. The number of rotatable bonds is 2. The first-order valence-corrected chi connectivity index (χ1v) is 5.38. The molecule has 3 nitrogen and oxygen atoms in total. The van der Waals surface area contributed by atoms with E-state index in [1.165, 1.54) is 6.42 Å². The monoisotopic (exact) mass is 197 g/mol. The van der Waals surface area contributed by atoms with Gasteiger partial charge in [0.2, 0.25) is 0 Å². The van der Waals surface area contributed by atoms with Crippen LogP contribution in [0.5, 0.6) is 0 Å². The summed E-state index contributed by atoms with van der Waals surface area (Å²) >= 11 is 0. The molecule has 0 amide bonds. The van der Waals surface area contributed by atoms with E-state index in [1.807, 2.05) is 7.05 Å². The van der Waals surface area contributed by atoms with Gasteiger partial charge in [0.15, 0.2) is 0 Å². The van der Waals surface area contributed by atoms with Gasteiger partial charge < -0.3 is 10.4 Å². The summed E-state index contributed by atoms with van der Waals surface area (Å²) in [4.78, 5) is 11.1. The second-order valence-corrected chi connectivity index (χ2v) is 5.36. The second kappa shape index (κ2) is 2.96. The molecule has 3 heteroatoms. The second-order valence-electron chi connectivity index (χ2n) is 5.36. The number of hydrogen-bond donors (Lipinski definition) is 2. The summed E-state index contributed by atoms with van der Waals surface area (Å²) in [6.45, 7) is 4.54. The number of aliphatic carboxylic acids is 1. The lowest BCUT2D eigenvalue weighted by Crippen LogP contribution is -2.63. The summed E-state index contributed by atoms with van der Waals surface area (Å²) in [6.07, 6.45) is 2.06. The molecule has 0 unspecified atom stereocenters. The zero-order chi connectivity index (χ0) is 10.5. The van der Waals surface area contributed by atoms with Gasteiger partial charge in [0.25, 0.3) is 0 Å². The molecule has 0 aromatic heterocycles. The minimum atomic E-state index is -0.630. The van der Waals surface area contributed by atoms with E-state index in [-0.39, 0.29) is 12.0 Å². The number of carboxylic acid groups (broad SMARTS) is 1. The van der Waals surface area contributed by atoms with Crippen molar-refractivity contribution in [2.24, 2.45) is 23.2 Å². The van der Waals surface area contributed by atoms with Crippen molar-refractivity contribution in [2.45, 2.75) is 32.7 Å². The molecule has 2 bridgehead atoms. The Morgan fingerprint density at radius 3 is 2.50 bits per heavy atom. The largest absolute Gasteiger partial charge is 0.481 e. The highest BCUT2D eigenvalue weighted by atomic mass is 16.4. The minimum absolute atomic E-state index is 0.170. The van der Waals surface area contributed by atoms with Gasteiger partial charge in [-0.1, -0.05) is 13.8 Å². The molecule has 0 heterocycles. The Morgan fingerprint density at radius 2 is 2.07 bits per heavy atom. The molecule has 0 saturated heterocycles. The van der Waals surface area contributed by atoms with Crippen LogP contribution >= 0.6 is 0 Å². The SMILES string of the molecule is CN[C@H]1[C@@H](C(=O)O)C[C@H]2C[C@@H]1C2(C)C. The van der Waals surface area contributed by atoms with Gasteiger partial charge in [0, 0.05) is 6.04 Å². The highest BCUT2D eigenvalue weighted by Gasteiger charge is 2.58. The van der Waals surface area contributed by atoms with Crippen molar-refractivity contribution >= 4 is 5.97 Å². The lowest BCUT2D eigenvalue weighted by molar-refractivity contribution is -0.161. The lowest BCUT2D eigenvalue weighted by atomic mass is 9.45. The molecule has 0 aliphatic heterocycles. The first-order valence-electron chi connectivity index (χ1n) is 5.38. The summed E-state index contributed by atoms with van der Waals surface area (Å²) in [7, 11) is 1.88. The minimum Gasteiger partial charge on any atom is -0.481 e. The van der Waals surface area contributed by atoms with Crippen LogP contribution in [0.4, 0.5) is 0 Å². The molecule has 3 aliphatic carbocycles. The van der Waals surface area contributed by atoms with Crippen LogP contribution in [0.25, 0.3) is 0 Å². The number of hydrogen-bond acceptors (Lipinski definition) is 2. The van der Waals surface area contributed by atoms with Crippen LogP contribution in [0.3, 0.4) is 0 Å². The lowest BCUT2D eigenvalue weighted by Gasteiger charge is -2.61. The van der Waals surface area contributed by atoms with E-state index in [2.05, 4.69) is 19.2 Å². The van der Waals surface area contributed by atoms with Gasteiger partial charge in [-0.25, -0.2) is 0 Å². The van der Waals surface area contributed by atoms with E-state index < -0.39 is 5.97 Å². The summed E-state index contributed by atoms with van der Waals surface area (Å²) in [5, 5.41) is 12.3. The van der Waals surface area contributed by atoms with E-state index >= 15 is 0 Å². The molecule has 0 aromatic carbocycles. The quantitative estimate of drug-likeness (QED) is 0.702. The van der Waals surface area contributed by atoms with Crippen LogP contribution in [0.1, 0.15) is 26.7 Å². The Bertz CT molecular complexity index is 262. The summed E-state index contributed by atoms with van der Waals surface area (Å²) < 4.78 is 0. The molecule has 2 N–H and O–H groups in total. The summed E-state index contributed by atoms with van der Waals surface area (Å²) in [6, 6.07) is 0.174. The number of nitrogens with one attached hydrogen (secondary N) is 1. The average molecular weight is 197 g/mol. The van der Waals surface area contributed by atoms with E-state index in [9.17, 15) is 4.79 Å². The van der Waals surface area contributed by atoms with Crippen molar-refractivity contribution in [3.05, 3.63) is 0 Å². The Labute approximate surface area is 84.9 Å². The molecule has 0 radical (unpaired) electrons. The molecule has 3 fully saturated rings.